The highest BCUT2D eigenvalue weighted by Gasteiger charge is 2.08. The zero-order chi connectivity index (χ0) is 17.6. The summed E-state index contributed by atoms with van der Waals surface area (Å²) in [4.78, 5) is 12.1. The zero-order valence-electron chi connectivity index (χ0n) is 14.7. The van der Waals surface area contributed by atoms with Crippen molar-refractivity contribution < 1.29 is 9.21 Å². The third-order valence-electron chi connectivity index (χ3n) is 4.18. The van der Waals surface area contributed by atoms with E-state index in [0.29, 0.717) is 18.8 Å². The largest absolute Gasteiger partial charge is 0.461 e. The van der Waals surface area contributed by atoms with Crippen LogP contribution in [0.25, 0.3) is 11.3 Å². The van der Waals surface area contributed by atoms with Crippen LogP contribution < -0.4 is 5.32 Å². The minimum absolute atomic E-state index is 0.00467. The molecule has 2 aromatic carbocycles. The lowest BCUT2D eigenvalue weighted by Crippen LogP contribution is -2.12. The SMILES string of the molecule is CC(C)c1ccc(NC(=O)CCc2ccc(-c3ccccc3)o2)cc1. The molecule has 1 heterocycles. The van der Waals surface area contributed by atoms with Gasteiger partial charge < -0.3 is 9.73 Å². The molecule has 1 aromatic heterocycles. The average Bonchev–Trinajstić information content (AvgIpc) is 3.10. The van der Waals surface area contributed by atoms with Crippen LogP contribution in [0.3, 0.4) is 0 Å². The van der Waals surface area contributed by atoms with Gasteiger partial charge in [0.1, 0.15) is 11.5 Å². The van der Waals surface area contributed by atoms with Gasteiger partial charge in [0.15, 0.2) is 0 Å². The number of amides is 1. The third kappa shape index (κ3) is 4.60. The van der Waals surface area contributed by atoms with Gasteiger partial charge in [0.2, 0.25) is 5.91 Å². The standard InChI is InChI=1S/C22H23NO2/c1-16(2)17-8-10-19(11-9-17)23-22(24)15-13-20-12-14-21(25-20)18-6-4-3-5-7-18/h3-12,14,16H,13,15H2,1-2H3,(H,23,24). The summed E-state index contributed by atoms with van der Waals surface area (Å²) in [5, 5.41) is 2.94. The van der Waals surface area contributed by atoms with E-state index in [0.717, 1.165) is 22.8 Å². The van der Waals surface area contributed by atoms with E-state index >= 15 is 0 Å². The van der Waals surface area contributed by atoms with Crippen LogP contribution >= 0.6 is 0 Å². The fraction of sp³-hybridized carbons (Fsp3) is 0.227. The van der Waals surface area contributed by atoms with E-state index in [1.807, 2.05) is 54.6 Å². The molecule has 1 N–H and O–H groups in total. The number of furan rings is 1. The van der Waals surface area contributed by atoms with Crippen LogP contribution in [0.4, 0.5) is 5.69 Å². The second-order valence-corrected chi connectivity index (χ2v) is 6.46. The van der Waals surface area contributed by atoms with Crippen LogP contribution in [0.15, 0.2) is 71.1 Å². The van der Waals surface area contributed by atoms with Gasteiger partial charge in [-0.05, 0) is 35.7 Å². The molecule has 3 nitrogen and oxygen atoms in total. The Bertz CT molecular complexity index is 817. The summed E-state index contributed by atoms with van der Waals surface area (Å²) in [7, 11) is 0. The number of benzene rings is 2. The van der Waals surface area contributed by atoms with Crippen molar-refractivity contribution >= 4 is 11.6 Å². The lowest BCUT2D eigenvalue weighted by atomic mass is 10.0. The predicted molar refractivity (Wildman–Crippen MR) is 102 cm³/mol. The van der Waals surface area contributed by atoms with Gasteiger partial charge in [0.25, 0.3) is 0 Å². The maximum atomic E-state index is 12.1. The minimum atomic E-state index is -0.00467. The molecule has 0 saturated heterocycles. The number of anilines is 1. The molecule has 3 rings (SSSR count). The van der Waals surface area contributed by atoms with Crippen molar-refractivity contribution in [1.82, 2.24) is 0 Å². The molecule has 0 atom stereocenters. The fourth-order valence-electron chi connectivity index (χ4n) is 2.68. The average molecular weight is 333 g/mol. The summed E-state index contributed by atoms with van der Waals surface area (Å²) in [6, 6.07) is 21.9. The van der Waals surface area contributed by atoms with Gasteiger partial charge in [0.05, 0.1) is 0 Å². The van der Waals surface area contributed by atoms with Crippen LogP contribution in [0.1, 0.15) is 37.5 Å². The molecule has 0 aliphatic carbocycles. The van der Waals surface area contributed by atoms with E-state index in [4.69, 9.17) is 4.42 Å². The van der Waals surface area contributed by atoms with E-state index in [1.54, 1.807) is 0 Å². The Kier molecular flexibility index (Phi) is 5.34. The summed E-state index contributed by atoms with van der Waals surface area (Å²) in [5.41, 5.74) is 3.14. The van der Waals surface area contributed by atoms with Crippen molar-refractivity contribution in [3.63, 3.8) is 0 Å². The van der Waals surface area contributed by atoms with Crippen molar-refractivity contribution in [2.24, 2.45) is 0 Å². The van der Waals surface area contributed by atoms with Gasteiger partial charge in [-0.2, -0.15) is 0 Å². The van der Waals surface area contributed by atoms with Crippen LogP contribution in [0.2, 0.25) is 0 Å². The van der Waals surface area contributed by atoms with Gasteiger partial charge in [-0.25, -0.2) is 0 Å². The predicted octanol–water partition coefficient (Wildman–Crippen LogP) is 5.64. The zero-order valence-corrected chi connectivity index (χ0v) is 14.7. The molecule has 128 valence electrons. The summed E-state index contributed by atoms with van der Waals surface area (Å²) in [6.07, 6.45) is 0.983. The van der Waals surface area contributed by atoms with Gasteiger partial charge in [-0.3, -0.25) is 4.79 Å². The quantitative estimate of drug-likeness (QED) is 0.634. The van der Waals surface area contributed by atoms with E-state index < -0.39 is 0 Å². The molecule has 1 amide bonds. The van der Waals surface area contributed by atoms with Crippen molar-refractivity contribution in [3.05, 3.63) is 78.1 Å². The van der Waals surface area contributed by atoms with E-state index in [-0.39, 0.29) is 5.91 Å². The minimum Gasteiger partial charge on any atom is -0.461 e. The first-order valence-corrected chi connectivity index (χ1v) is 8.66. The highest BCUT2D eigenvalue weighted by molar-refractivity contribution is 5.90. The van der Waals surface area contributed by atoms with Gasteiger partial charge in [0, 0.05) is 24.1 Å². The van der Waals surface area contributed by atoms with E-state index in [9.17, 15) is 4.79 Å². The number of rotatable bonds is 6. The monoisotopic (exact) mass is 333 g/mol. The van der Waals surface area contributed by atoms with Crippen LogP contribution in [-0.2, 0) is 11.2 Å². The molecule has 0 saturated carbocycles. The molecule has 0 radical (unpaired) electrons. The van der Waals surface area contributed by atoms with E-state index in [2.05, 4.69) is 31.3 Å². The van der Waals surface area contributed by atoms with Crippen molar-refractivity contribution in [2.45, 2.75) is 32.6 Å². The Morgan fingerprint density at radius 2 is 1.68 bits per heavy atom. The Labute approximate surface area is 148 Å². The van der Waals surface area contributed by atoms with Crippen LogP contribution in [0.5, 0.6) is 0 Å². The molecule has 0 aliphatic heterocycles. The van der Waals surface area contributed by atoms with Crippen molar-refractivity contribution in [2.75, 3.05) is 5.32 Å². The first-order valence-electron chi connectivity index (χ1n) is 8.66. The maximum Gasteiger partial charge on any atom is 0.224 e. The molecule has 0 aliphatic rings. The third-order valence-corrected chi connectivity index (χ3v) is 4.18. The molecule has 0 fully saturated rings. The Morgan fingerprint density at radius 3 is 2.36 bits per heavy atom. The molecule has 25 heavy (non-hydrogen) atoms. The molecule has 3 heteroatoms. The molecule has 0 unspecified atom stereocenters. The first kappa shape index (κ1) is 17.0. The normalized spacial score (nSPS) is 10.8. The number of hydrogen-bond donors (Lipinski definition) is 1. The number of hydrogen-bond acceptors (Lipinski definition) is 2. The summed E-state index contributed by atoms with van der Waals surface area (Å²) in [5.74, 6) is 2.14. The molecule has 3 aromatic rings. The first-order chi connectivity index (χ1) is 12.1. The number of carbonyl (C=O) groups excluding carboxylic acids is 1. The highest BCUT2D eigenvalue weighted by atomic mass is 16.3. The lowest BCUT2D eigenvalue weighted by molar-refractivity contribution is -0.116. The summed E-state index contributed by atoms with van der Waals surface area (Å²) in [6.45, 7) is 4.31. The van der Waals surface area contributed by atoms with Crippen molar-refractivity contribution in [3.8, 4) is 11.3 Å². The Morgan fingerprint density at radius 1 is 0.960 bits per heavy atom. The van der Waals surface area contributed by atoms with Crippen LogP contribution in [-0.4, -0.2) is 5.91 Å². The Balaban J connectivity index is 1.53. The number of aryl methyl sites for hydroxylation is 1. The molecular weight excluding hydrogens is 310 g/mol. The topological polar surface area (TPSA) is 42.2 Å². The summed E-state index contributed by atoms with van der Waals surface area (Å²) >= 11 is 0. The second kappa shape index (κ2) is 7.84. The fourth-order valence-corrected chi connectivity index (χ4v) is 2.68. The molecule has 0 spiro atoms. The van der Waals surface area contributed by atoms with Gasteiger partial charge in [-0.1, -0.05) is 56.3 Å². The Hall–Kier alpha value is -2.81. The smallest absolute Gasteiger partial charge is 0.224 e. The second-order valence-electron chi connectivity index (χ2n) is 6.46. The van der Waals surface area contributed by atoms with Crippen molar-refractivity contribution in [1.29, 1.82) is 0 Å². The van der Waals surface area contributed by atoms with Gasteiger partial charge >= 0.3 is 0 Å². The van der Waals surface area contributed by atoms with Gasteiger partial charge in [-0.15, -0.1) is 0 Å². The number of nitrogens with one attached hydrogen (secondary N) is 1. The molecule has 0 bridgehead atoms. The number of carbonyl (C=O) groups is 1. The van der Waals surface area contributed by atoms with E-state index in [1.165, 1.54) is 5.56 Å². The lowest BCUT2D eigenvalue weighted by Gasteiger charge is -2.08. The maximum absolute atomic E-state index is 12.1. The highest BCUT2D eigenvalue weighted by Crippen LogP contribution is 2.22. The molecular formula is C22H23NO2. The summed E-state index contributed by atoms with van der Waals surface area (Å²) < 4.78 is 5.83. The van der Waals surface area contributed by atoms with Crippen LogP contribution in [0, 0.1) is 0 Å².